The third-order valence-electron chi connectivity index (χ3n) is 5.26. The van der Waals surface area contributed by atoms with E-state index in [1.807, 2.05) is 44.2 Å². The minimum Gasteiger partial charge on any atom is -0.465 e. The summed E-state index contributed by atoms with van der Waals surface area (Å²) in [5.74, 6) is -0.0588. The number of aryl methyl sites for hydroxylation is 1. The minimum absolute atomic E-state index is 0.201. The number of hydrogen-bond donors (Lipinski definition) is 1. The van der Waals surface area contributed by atoms with Gasteiger partial charge in [-0.3, -0.25) is 14.2 Å². The molecule has 3 rings (SSSR count). The van der Waals surface area contributed by atoms with E-state index in [1.165, 1.54) is 4.90 Å². The number of benzene rings is 2. The van der Waals surface area contributed by atoms with Gasteiger partial charge in [-0.15, -0.1) is 0 Å². The monoisotopic (exact) mass is 436 g/mol. The summed E-state index contributed by atoms with van der Waals surface area (Å²) in [6.07, 6.45) is 0.514. The highest BCUT2D eigenvalue weighted by molar-refractivity contribution is 5.81. The smallest absolute Gasteiger partial charge is 0.325 e. The first kappa shape index (κ1) is 23.0. The number of urea groups is 1. The van der Waals surface area contributed by atoms with E-state index >= 15 is 0 Å². The van der Waals surface area contributed by atoms with Gasteiger partial charge in [-0.25, -0.2) is 9.78 Å². The molecule has 168 valence electrons. The lowest BCUT2D eigenvalue weighted by Crippen LogP contribution is -2.43. The Labute approximate surface area is 186 Å². The van der Waals surface area contributed by atoms with E-state index in [2.05, 4.69) is 5.32 Å². The summed E-state index contributed by atoms with van der Waals surface area (Å²) >= 11 is 0. The summed E-state index contributed by atoms with van der Waals surface area (Å²) in [7, 11) is 1.62. The van der Waals surface area contributed by atoms with Crippen molar-refractivity contribution in [2.24, 2.45) is 0 Å². The lowest BCUT2D eigenvalue weighted by Gasteiger charge is -2.29. The van der Waals surface area contributed by atoms with E-state index in [-0.39, 0.29) is 18.7 Å². The molecule has 0 fully saturated rings. The fourth-order valence-corrected chi connectivity index (χ4v) is 3.57. The van der Waals surface area contributed by atoms with Gasteiger partial charge >= 0.3 is 12.0 Å². The Balaban J connectivity index is 2.07. The summed E-state index contributed by atoms with van der Waals surface area (Å²) in [5.41, 5.74) is 2.11. The number of carbonyl (C=O) groups is 2. The van der Waals surface area contributed by atoms with Crippen LogP contribution in [0.15, 0.2) is 53.3 Å². The highest BCUT2D eigenvalue weighted by Crippen LogP contribution is 2.25. The van der Waals surface area contributed by atoms with Crippen molar-refractivity contribution in [2.45, 2.75) is 33.2 Å². The molecule has 0 bridgehead atoms. The van der Waals surface area contributed by atoms with Gasteiger partial charge in [-0.2, -0.15) is 0 Å². The molecule has 0 aliphatic heterocycles. The molecule has 1 atom stereocenters. The number of fused-ring (bicyclic) bond motifs is 1. The summed E-state index contributed by atoms with van der Waals surface area (Å²) in [6.45, 7) is 5.60. The molecule has 2 aromatic carbocycles. The van der Waals surface area contributed by atoms with Crippen molar-refractivity contribution in [3.63, 3.8) is 0 Å². The standard InChI is InChI=1S/C24H28N4O4/c1-5-20(27(4)24(31)25-15-21(29)32-6-2)22-26-19-10-8-7-9-18(19)23(30)28(22)17-13-11-16(3)12-14-17/h7-14,20H,5-6,15H2,1-4H3,(H,25,31). The minimum atomic E-state index is -0.511. The van der Waals surface area contributed by atoms with Crippen LogP contribution in [-0.4, -0.2) is 46.7 Å². The molecule has 1 aromatic heterocycles. The van der Waals surface area contributed by atoms with E-state index < -0.39 is 18.0 Å². The van der Waals surface area contributed by atoms with Crippen LogP contribution >= 0.6 is 0 Å². The normalized spacial score (nSPS) is 11.8. The predicted molar refractivity (Wildman–Crippen MR) is 123 cm³/mol. The van der Waals surface area contributed by atoms with Crippen molar-refractivity contribution < 1.29 is 14.3 Å². The van der Waals surface area contributed by atoms with Gasteiger partial charge in [0.25, 0.3) is 5.56 Å². The van der Waals surface area contributed by atoms with E-state index in [0.717, 1.165) is 5.56 Å². The Morgan fingerprint density at radius 3 is 2.47 bits per heavy atom. The number of nitrogens with zero attached hydrogens (tertiary/aromatic N) is 3. The van der Waals surface area contributed by atoms with E-state index in [9.17, 15) is 14.4 Å². The van der Waals surface area contributed by atoms with Gasteiger partial charge in [0.1, 0.15) is 12.4 Å². The zero-order valence-corrected chi connectivity index (χ0v) is 18.8. The van der Waals surface area contributed by atoms with Gasteiger partial charge in [0.15, 0.2) is 0 Å². The van der Waals surface area contributed by atoms with Crippen LogP contribution < -0.4 is 10.9 Å². The van der Waals surface area contributed by atoms with Crippen molar-refractivity contribution >= 4 is 22.9 Å². The number of amides is 2. The molecule has 0 saturated heterocycles. The number of esters is 1. The molecule has 1 heterocycles. The third-order valence-corrected chi connectivity index (χ3v) is 5.26. The molecule has 32 heavy (non-hydrogen) atoms. The summed E-state index contributed by atoms with van der Waals surface area (Å²) in [4.78, 5) is 44.1. The SMILES string of the molecule is CCOC(=O)CNC(=O)N(C)C(CC)c1nc2ccccc2c(=O)n1-c1ccc(C)cc1. The quantitative estimate of drug-likeness (QED) is 0.574. The largest absolute Gasteiger partial charge is 0.465 e. The summed E-state index contributed by atoms with van der Waals surface area (Å²) in [5, 5.41) is 3.07. The molecule has 1 unspecified atom stereocenters. The maximum Gasteiger partial charge on any atom is 0.325 e. The Bertz CT molecular complexity index is 1170. The molecule has 3 aromatic rings. The second-order valence-corrected chi connectivity index (χ2v) is 7.46. The van der Waals surface area contributed by atoms with Crippen LogP contribution in [0.2, 0.25) is 0 Å². The Morgan fingerprint density at radius 1 is 1.12 bits per heavy atom. The van der Waals surface area contributed by atoms with Crippen LogP contribution in [0.3, 0.4) is 0 Å². The van der Waals surface area contributed by atoms with Crippen LogP contribution in [0.25, 0.3) is 16.6 Å². The average molecular weight is 437 g/mol. The lowest BCUT2D eigenvalue weighted by molar-refractivity contribution is -0.141. The Kier molecular flexibility index (Phi) is 7.25. The molecule has 0 radical (unpaired) electrons. The molecular weight excluding hydrogens is 408 g/mol. The van der Waals surface area contributed by atoms with Gasteiger partial charge in [0.2, 0.25) is 0 Å². The Hall–Kier alpha value is -3.68. The second kappa shape index (κ2) is 10.1. The number of nitrogens with one attached hydrogen (secondary N) is 1. The third kappa shape index (κ3) is 4.80. The molecule has 0 spiro atoms. The first-order valence-electron chi connectivity index (χ1n) is 10.6. The van der Waals surface area contributed by atoms with Crippen molar-refractivity contribution in [3.8, 4) is 5.69 Å². The first-order valence-corrected chi connectivity index (χ1v) is 10.6. The van der Waals surface area contributed by atoms with Crippen LogP contribution in [-0.2, 0) is 9.53 Å². The van der Waals surface area contributed by atoms with E-state index in [4.69, 9.17) is 9.72 Å². The van der Waals surface area contributed by atoms with Crippen LogP contribution in [0, 0.1) is 6.92 Å². The number of hydrogen-bond acceptors (Lipinski definition) is 5. The number of carbonyl (C=O) groups excluding carboxylic acids is 2. The zero-order valence-electron chi connectivity index (χ0n) is 18.8. The van der Waals surface area contributed by atoms with Gasteiger partial charge < -0.3 is 15.0 Å². The van der Waals surface area contributed by atoms with Gasteiger partial charge in [-0.1, -0.05) is 36.8 Å². The Morgan fingerprint density at radius 2 is 1.81 bits per heavy atom. The molecule has 8 heteroatoms. The molecule has 2 amide bonds. The maximum atomic E-state index is 13.5. The van der Waals surface area contributed by atoms with Crippen molar-refractivity contribution in [1.82, 2.24) is 19.8 Å². The number of para-hydroxylation sites is 1. The van der Waals surface area contributed by atoms with Crippen LogP contribution in [0.4, 0.5) is 4.79 Å². The van der Waals surface area contributed by atoms with Gasteiger partial charge in [0, 0.05) is 7.05 Å². The number of aromatic nitrogens is 2. The summed E-state index contributed by atoms with van der Waals surface area (Å²) < 4.78 is 6.42. The topological polar surface area (TPSA) is 93.5 Å². The van der Waals surface area contributed by atoms with Gasteiger partial charge in [0.05, 0.1) is 29.2 Å². The molecular formula is C24H28N4O4. The average Bonchev–Trinajstić information content (AvgIpc) is 2.79. The zero-order chi connectivity index (χ0) is 23.3. The van der Waals surface area contributed by atoms with Crippen molar-refractivity contribution in [3.05, 3.63) is 70.3 Å². The van der Waals surface area contributed by atoms with Crippen LogP contribution in [0.5, 0.6) is 0 Å². The molecule has 0 aliphatic rings. The predicted octanol–water partition coefficient (Wildman–Crippen LogP) is 3.35. The lowest BCUT2D eigenvalue weighted by atomic mass is 10.1. The second-order valence-electron chi connectivity index (χ2n) is 7.46. The number of rotatable bonds is 7. The molecule has 0 aliphatic carbocycles. The highest BCUT2D eigenvalue weighted by atomic mass is 16.5. The van der Waals surface area contributed by atoms with E-state index in [1.54, 1.807) is 36.7 Å². The van der Waals surface area contributed by atoms with Crippen molar-refractivity contribution in [2.75, 3.05) is 20.2 Å². The fourth-order valence-electron chi connectivity index (χ4n) is 3.57. The molecule has 1 N–H and O–H groups in total. The molecule has 0 saturated carbocycles. The van der Waals surface area contributed by atoms with Gasteiger partial charge in [-0.05, 0) is 44.5 Å². The number of ether oxygens (including phenoxy) is 1. The first-order chi connectivity index (χ1) is 15.4. The summed E-state index contributed by atoms with van der Waals surface area (Å²) in [6, 6.07) is 13.8. The maximum absolute atomic E-state index is 13.5. The van der Waals surface area contributed by atoms with Crippen molar-refractivity contribution in [1.29, 1.82) is 0 Å². The molecule has 8 nitrogen and oxygen atoms in total. The highest BCUT2D eigenvalue weighted by Gasteiger charge is 2.26. The fraction of sp³-hybridized carbons (Fsp3) is 0.333. The van der Waals surface area contributed by atoms with E-state index in [0.29, 0.717) is 28.8 Å². The van der Waals surface area contributed by atoms with Crippen LogP contribution in [0.1, 0.15) is 37.7 Å².